The molecule has 0 radical (unpaired) electrons. The molecule has 0 aliphatic carbocycles. The number of halogens is 2. The monoisotopic (exact) mass is 365 g/mol. The van der Waals surface area contributed by atoms with Crippen LogP contribution in [0.5, 0.6) is 5.75 Å². The number of nitrogens with one attached hydrogen (secondary N) is 1. The molecule has 0 saturated heterocycles. The summed E-state index contributed by atoms with van der Waals surface area (Å²) in [4.78, 5) is 12.2. The van der Waals surface area contributed by atoms with Crippen LogP contribution in [0.25, 0.3) is 0 Å². The molecule has 0 aliphatic rings. The molecule has 2 rings (SSSR count). The third kappa shape index (κ3) is 6.06. The summed E-state index contributed by atoms with van der Waals surface area (Å²) in [7, 11) is 0. The Morgan fingerprint density at radius 1 is 1.12 bits per heavy atom. The Morgan fingerprint density at radius 2 is 1.88 bits per heavy atom. The topological polar surface area (TPSA) is 38.3 Å². The zero-order chi connectivity index (χ0) is 17.4. The molecule has 0 aliphatic heterocycles. The number of carbonyl (C=O) groups is 1. The Labute approximate surface area is 152 Å². The number of hydrogen-bond acceptors (Lipinski definition) is 2. The number of carbonyl (C=O) groups excluding carboxylic acids is 1. The van der Waals surface area contributed by atoms with E-state index in [1.165, 1.54) is 5.56 Å². The maximum atomic E-state index is 12.2. The summed E-state index contributed by atoms with van der Waals surface area (Å²) in [6, 6.07) is 14.8. The predicted molar refractivity (Wildman–Crippen MR) is 98.9 cm³/mol. The lowest BCUT2D eigenvalue weighted by Gasteiger charge is -2.17. The van der Waals surface area contributed by atoms with Gasteiger partial charge in [-0.25, -0.2) is 0 Å². The number of hydrogen-bond donors (Lipinski definition) is 1. The quantitative estimate of drug-likeness (QED) is 0.675. The molecule has 1 atom stereocenters. The Kier molecular flexibility index (Phi) is 7.41. The van der Waals surface area contributed by atoms with Gasteiger partial charge in [-0.15, -0.1) is 0 Å². The third-order valence-corrected chi connectivity index (χ3v) is 4.08. The molecule has 2 aromatic rings. The smallest absolute Gasteiger partial charge is 0.261 e. The van der Waals surface area contributed by atoms with Crippen molar-refractivity contribution in [1.29, 1.82) is 0 Å². The van der Waals surface area contributed by atoms with E-state index < -0.39 is 6.10 Å². The summed E-state index contributed by atoms with van der Waals surface area (Å²) >= 11 is 11.8. The zero-order valence-electron chi connectivity index (χ0n) is 13.6. The summed E-state index contributed by atoms with van der Waals surface area (Å²) in [6.07, 6.45) is 1.83. The molecule has 2 aromatic carbocycles. The fourth-order valence-electron chi connectivity index (χ4n) is 2.30. The lowest BCUT2D eigenvalue weighted by molar-refractivity contribution is -0.128. The van der Waals surface area contributed by atoms with E-state index in [9.17, 15) is 4.79 Å². The molecule has 0 spiro atoms. The van der Waals surface area contributed by atoms with E-state index in [0.29, 0.717) is 23.7 Å². The molecule has 0 aromatic heterocycles. The van der Waals surface area contributed by atoms with E-state index in [0.717, 1.165) is 17.9 Å². The van der Waals surface area contributed by atoms with Gasteiger partial charge in [-0.3, -0.25) is 4.79 Å². The molecule has 128 valence electrons. The van der Waals surface area contributed by atoms with Crippen molar-refractivity contribution in [3.63, 3.8) is 0 Å². The summed E-state index contributed by atoms with van der Waals surface area (Å²) in [5.41, 5.74) is 1.20. The number of aryl methyl sites for hydroxylation is 1. The van der Waals surface area contributed by atoms with Crippen molar-refractivity contribution >= 4 is 29.1 Å². The van der Waals surface area contributed by atoms with Crippen LogP contribution in [0.3, 0.4) is 0 Å². The maximum Gasteiger partial charge on any atom is 0.261 e. The summed E-state index contributed by atoms with van der Waals surface area (Å²) in [5.74, 6) is 0.499. The van der Waals surface area contributed by atoms with Crippen LogP contribution >= 0.6 is 23.2 Å². The maximum absolute atomic E-state index is 12.2. The Hall–Kier alpha value is -1.71. The molecule has 1 N–H and O–H groups in total. The second-order valence-corrected chi connectivity index (χ2v) is 6.37. The summed E-state index contributed by atoms with van der Waals surface area (Å²) in [6.45, 7) is 2.53. The Balaban J connectivity index is 1.76. The van der Waals surface area contributed by atoms with Gasteiger partial charge in [-0.2, -0.15) is 0 Å². The van der Waals surface area contributed by atoms with E-state index in [1.807, 2.05) is 31.2 Å². The minimum atomic E-state index is -0.515. The van der Waals surface area contributed by atoms with Crippen molar-refractivity contribution in [3.05, 3.63) is 64.1 Å². The van der Waals surface area contributed by atoms with Crippen LogP contribution in [0.4, 0.5) is 0 Å². The van der Waals surface area contributed by atoms with Crippen LogP contribution in [0.2, 0.25) is 10.0 Å². The SMILES string of the molecule is CC[C@@H](Oc1cccc(Cl)c1)C(=O)NCCCc1ccc(Cl)cc1. The second kappa shape index (κ2) is 9.55. The van der Waals surface area contributed by atoms with Gasteiger partial charge < -0.3 is 10.1 Å². The molecular weight excluding hydrogens is 345 g/mol. The largest absolute Gasteiger partial charge is 0.481 e. The molecule has 0 saturated carbocycles. The van der Waals surface area contributed by atoms with Crippen molar-refractivity contribution in [2.24, 2.45) is 0 Å². The van der Waals surface area contributed by atoms with Crippen molar-refractivity contribution in [2.75, 3.05) is 6.54 Å². The fourth-order valence-corrected chi connectivity index (χ4v) is 2.60. The van der Waals surface area contributed by atoms with Crippen LogP contribution in [-0.4, -0.2) is 18.6 Å². The highest BCUT2D eigenvalue weighted by atomic mass is 35.5. The lowest BCUT2D eigenvalue weighted by Crippen LogP contribution is -2.38. The number of benzene rings is 2. The third-order valence-electron chi connectivity index (χ3n) is 3.59. The normalized spacial score (nSPS) is 11.8. The molecule has 0 bridgehead atoms. The van der Waals surface area contributed by atoms with Gasteiger partial charge in [0, 0.05) is 16.6 Å². The van der Waals surface area contributed by atoms with Gasteiger partial charge in [0.1, 0.15) is 5.75 Å². The van der Waals surface area contributed by atoms with E-state index >= 15 is 0 Å². The standard InChI is InChI=1S/C19H21Cl2NO2/c1-2-18(24-17-7-3-6-16(21)13-17)19(23)22-12-4-5-14-8-10-15(20)11-9-14/h3,6-11,13,18H,2,4-5,12H2,1H3,(H,22,23)/t18-/m1/s1. The van der Waals surface area contributed by atoms with Crippen LogP contribution in [0, 0.1) is 0 Å². The van der Waals surface area contributed by atoms with E-state index in [2.05, 4.69) is 5.32 Å². The molecule has 0 fully saturated rings. The van der Waals surface area contributed by atoms with Crippen LogP contribution in [-0.2, 0) is 11.2 Å². The lowest BCUT2D eigenvalue weighted by atomic mass is 10.1. The van der Waals surface area contributed by atoms with Gasteiger partial charge >= 0.3 is 0 Å². The van der Waals surface area contributed by atoms with E-state index in [1.54, 1.807) is 24.3 Å². The first-order valence-electron chi connectivity index (χ1n) is 8.03. The van der Waals surface area contributed by atoms with Gasteiger partial charge in [-0.05, 0) is 55.2 Å². The van der Waals surface area contributed by atoms with Crippen molar-refractivity contribution in [1.82, 2.24) is 5.32 Å². The van der Waals surface area contributed by atoms with Gasteiger partial charge in [0.15, 0.2) is 6.10 Å². The molecule has 3 nitrogen and oxygen atoms in total. The average Bonchev–Trinajstić information content (AvgIpc) is 2.58. The zero-order valence-corrected chi connectivity index (χ0v) is 15.1. The Bertz CT molecular complexity index is 659. The van der Waals surface area contributed by atoms with Crippen LogP contribution in [0.1, 0.15) is 25.3 Å². The van der Waals surface area contributed by atoms with Gasteiger partial charge in [0.2, 0.25) is 0 Å². The molecule has 0 heterocycles. The number of rotatable bonds is 8. The first kappa shape index (κ1) is 18.6. The average molecular weight is 366 g/mol. The molecule has 5 heteroatoms. The highest BCUT2D eigenvalue weighted by Gasteiger charge is 2.17. The highest BCUT2D eigenvalue weighted by molar-refractivity contribution is 6.30. The second-order valence-electron chi connectivity index (χ2n) is 5.49. The van der Waals surface area contributed by atoms with Crippen molar-refractivity contribution in [2.45, 2.75) is 32.3 Å². The molecular formula is C19H21Cl2NO2. The summed E-state index contributed by atoms with van der Waals surface area (Å²) < 4.78 is 5.72. The van der Waals surface area contributed by atoms with E-state index in [4.69, 9.17) is 27.9 Å². The summed E-state index contributed by atoms with van der Waals surface area (Å²) in [5, 5.41) is 4.25. The minimum Gasteiger partial charge on any atom is -0.481 e. The fraction of sp³-hybridized carbons (Fsp3) is 0.316. The van der Waals surface area contributed by atoms with Gasteiger partial charge in [-0.1, -0.05) is 48.3 Å². The van der Waals surface area contributed by atoms with Crippen LogP contribution < -0.4 is 10.1 Å². The number of amides is 1. The van der Waals surface area contributed by atoms with Gasteiger partial charge in [0.05, 0.1) is 0 Å². The van der Waals surface area contributed by atoms with Crippen molar-refractivity contribution < 1.29 is 9.53 Å². The molecule has 1 amide bonds. The minimum absolute atomic E-state index is 0.103. The highest BCUT2D eigenvalue weighted by Crippen LogP contribution is 2.19. The molecule has 0 unspecified atom stereocenters. The van der Waals surface area contributed by atoms with Crippen molar-refractivity contribution in [3.8, 4) is 5.75 Å². The first-order valence-corrected chi connectivity index (χ1v) is 8.78. The Morgan fingerprint density at radius 3 is 2.54 bits per heavy atom. The predicted octanol–water partition coefficient (Wildman–Crippen LogP) is 4.90. The molecule has 24 heavy (non-hydrogen) atoms. The van der Waals surface area contributed by atoms with Gasteiger partial charge in [0.25, 0.3) is 5.91 Å². The first-order chi connectivity index (χ1) is 11.6. The number of ether oxygens (including phenoxy) is 1. The van der Waals surface area contributed by atoms with E-state index in [-0.39, 0.29) is 5.91 Å². The van der Waals surface area contributed by atoms with Crippen LogP contribution in [0.15, 0.2) is 48.5 Å².